The number of hydrogen-bond acceptors (Lipinski definition) is 4. The molecule has 0 bridgehead atoms. The fraction of sp³-hybridized carbons (Fsp3) is 0. The first-order valence-electron chi connectivity index (χ1n) is 22.6. The number of nitrogens with zero attached hydrogens (tertiary/aromatic N) is 5. The smallest absolute Gasteiger partial charge is 0.124 e. The lowest BCUT2D eigenvalue weighted by atomic mass is 10.1. The predicted octanol–water partition coefficient (Wildman–Crippen LogP) is 17.1. The number of thiazole rings is 1. The van der Waals surface area contributed by atoms with E-state index in [4.69, 9.17) is 4.98 Å². The van der Waals surface area contributed by atoms with Crippen LogP contribution in [0.4, 0.5) is 34.1 Å². The normalized spacial score (nSPS) is 11.6. The minimum absolute atomic E-state index is 0.983. The molecule has 0 spiro atoms. The SMILES string of the molecule is c1ccc(N(c2ccc(-c3nc4ccc(N(c5ccccc5)c5ccc(-n6c7ccccc7c7ccccc76)cc5)cc4s3)cc2)c2ccc(-n3c4ccccc4c4ccccc43)cc2)cc1. The van der Waals surface area contributed by atoms with E-state index in [9.17, 15) is 0 Å². The Morgan fingerprint density at radius 3 is 1.09 bits per heavy atom. The lowest BCUT2D eigenvalue weighted by Crippen LogP contribution is -2.10. The highest BCUT2D eigenvalue weighted by Crippen LogP contribution is 2.42. The Hall–Kier alpha value is -8.71. The van der Waals surface area contributed by atoms with Crippen molar-refractivity contribution in [2.24, 2.45) is 0 Å². The molecule has 0 amide bonds. The maximum absolute atomic E-state index is 5.17. The zero-order valence-electron chi connectivity index (χ0n) is 36.3. The van der Waals surface area contributed by atoms with Gasteiger partial charge >= 0.3 is 0 Å². The highest BCUT2D eigenvalue weighted by Gasteiger charge is 2.19. The van der Waals surface area contributed by atoms with Gasteiger partial charge in [0.2, 0.25) is 0 Å². The molecule has 0 saturated carbocycles. The fourth-order valence-electron chi connectivity index (χ4n) is 9.88. The van der Waals surface area contributed by atoms with Crippen molar-refractivity contribution in [3.8, 4) is 21.9 Å². The first-order chi connectivity index (χ1) is 33.2. The first-order valence-corrected chi connectivity index (χ1v) is 23.4. The zero-order valence-corrected chi connectivity index (χ0v) is 37.1. The summed E-state index contributed by atoms with van der Waals surface area (Å²) in [5.74, 6) is 0. The average Bonchev–Trinajstić information content (AvgIpc) is 4.08. The Labute approximate surface area is 391 Å². The third-order valence-electron chi connectivity index (χ3n) is 12.9. The Bertz CT molecular complexity index is 3800. The number of hydrogen-bond donors (Lipinski definition) is 0. The van der Waals surface area contributed by atoms with E-state index in [0.29, 0.717) is 0 Å². The maximum atomic E-state index is 5.17. The fourth-order valence-corrected chi connectivity index (χ4v) is 10.9. The molecule has 0 aliphatic carbocycles. The summed E-state index contributed by atoms with van der Waals surface area (Å²) >= 11 is 1.73. The van der Waals surface area contributed by atoms with Crippen LogP contribution < -0.4 is 9.80 Å². The van der Waals surface area contributed by atoms with E-state index in [2.05, 4.69) is 268 Å². The molecule has 6 heteroatoms. The molecule has 5 nitrogen and oxygen atoms in total. The third-order valence-corrected chi connectivity index (χ3v) is 14.0. The quantitative estimate of drug-likeness (QED) is 0.145. The number of anilines is 6. The summed E-state index contributed by atoms with van der Waals surface area (Å²) in [4.78, 5) is 9.82. The molecule has 67 heavy (non-hydrogen) atoms. The van der Waals surface area contributed by atoms with Gasteiger partial charge in [0.25, 0.3) is 0 Å². The van der Waals surface area contributed by atoms with Crippen LogP contribution >= 0.6 is 11.3 Å². The summed E-state index contributed by atoms with van der Waals surface area (Å²) in [6.45, 7) is 0. The van der Waals surface area contributed by atoms with Crippen molar-refractivity contribution in [1.82, 2.24) is 14.1 Å². The molecule has 3 aromatic heterocycles. The van der Waals surface area contributed by atoms with Crippen LogP contribution in [0.15, 0.2) is 249 Å². The Morgan fingerprint density at radius 1 is 0.313 bits per heavy atom. The van der Waals surface area contributed by atoms with Crippen LogP contribution in [0.25, 0.3) is 75.8 Å². The minimum atomic E-state index is 0.983. The van der Waals surface area contributed by atoms with E-state index in [0.717, 1.165) is 66.3 Å². The van der Waals surface area contributed by atoms with Crippen LogP contribution in [0.2, 0.25) is 0 Å². The molecule has 0 aliphatic rings. The number of aromatic nitrogens is 3. The van der Waals surface area contributed by atoms with Gasteiger partial charge in [0.1, 0.15) is 5.01 Å². The van der Waals surface area contributed by atoms with Crippen LogP contribution in [0.3, 0.4) is 0 Å². The molecule has 0 N–H and O–H groups in total. The van der Waals surface area contributed by atoms with E-state index in [-0.39, 0.29) is 0 Å². The molecule has 0 saturated heterocycles. The molecule has 0 unspecified atom stereocenters. The van der Waals surface area contributed by atoms with Crippen molar-refractivity contribution in [2.45, 2.75) is 0 Å². The van der Waals surface area contributed by atoms with Crippen molar-refractivity contribution >= 4 is 99.3 Å². The summed E-state index contributed by atoms with van der Waals surface area (Å²) in [6.07, 6.45) is 0. The van der Waals surface area contributed by atoms with Gasteiger partial charge in [-0.3, -0.25) is 0 Å². The summed E-state index contributed by atoms with van der Waals surface area (Å²) in [5, 5.41) is 6.02. The van der Waals surface area contributed by atoms with E-state index >= 15 is 0 Å². The monoisotopic (exact) mass is 875 g/mol. The zero-order chi connectivity index (χ0) is 44.3. The largest absolute Gasteiger partial charge is 0.311 e. The van der Waals surface area contributed by atoms with Crippen molar-refractivity contribution in [3.05, 3.63) is 249 Å². The number of fused-ring (bicyclic) bond motifs is 7. The molecule has 0 aliphatic heterocycles. The van der Waals surface area contributed by atoms with Gasteiger partial charge in [-0.2, -0.15) is 0 Å². The van der Waals surface area contributed by atoms with Crippen molar-refractivity contribution < 1.29 is 0 Å². The first kappa shape index (κ1) is 38.7. The topological polar surface area (TPSA) is 29.2 Å². The van der Waals surface area contributed by atoms with Crippen LogP contribution in [0.1, 0.15) is 0 Å². The highest BCUT2D eigenvalue weighted by atomic mass is 32.1. The van der Waals surface area contributed by atoms with Gasteiger partial charge in [0.15, 0.2) is 0 Å². The second-order valence-electron chi connectivity index (χ2n) is 16.8. The predicted molar refractivity (Wildman–Crippen MR) is 283 cm³/mol. The molecule has 0 fully saturated rings. The summed E-state index contributed by atoms with van der Waals surface area (Å²) in [5.41, 5.74) is 15.6. The number of benzene rings is 10. The molecule has 0 atom stereocenters. The number of rotatable bonds is 9. The second-order valence-corrected chi connectivity index (χ2v) is 17.9. The van der Waals surface area contributed by atoms with Crippen LogP contribution in [0.5, 0.6) is 0 Å². The van der Waals surface area contributed by atoms with E-state index in [1.54, 1.807) is 11.3 Å². The van der Waals surface area contributed by atoms with Crippen LogP contribution in [-0.2, 0) is 0 Å². The molecule has 316 valence electrons. The van der Waals surface area contributed by atoms with E-state index in [1.807, 2.05) is 0 Å². The lowest BCUT2D eigenvalue weighted by Gasteiger charge is -2.26. The van der Waals surface area contributed by atoms with Crippen molar-refractivity contribution in [1.29, 1.82) is 0 Å². The Balaban J connectivity index is 0.822. The molecule has 13 rings (SSSR count). The maximum Gasteiger partial charge on any atom is 0.124 e. The molecule has 10 aromatic carbocycles. The summed E-state index contributed by atoms with van der Waals surface area (Å²) < 4.78 is 5.86. The van der Waals surface area contributed by atoms with Crippen LogP contribution in [0, 0.1) is 0 Å². The van der Waals surface area contributed by atoms with E-state index in [1.165, 1.54) is 43.6 Å². The van der Waals surface area contributed by atoms with Gasteiger partial charge in [-0.05, 0) is 140 Å². The van der Waals surface area contributed by atoms with Gasteiger partial charge in [0, 0.05) is 72.6 Å². The van der Waals surface area contributed by atoms with Gasteiger partial charge < -0.3 is 18.9 Å². The standard InChI is InChI=1S/C61H41N5S/c1-3-15-43(16-4-1)63(46-31-35-48(36-32-46)65-56-23-11-7-19-51(56)52-20-8-12-24-57(52)65)45-29-27-42(28-30-45)61-62-55-40-39-50(41-60(55)67-61)64(44-17-5-2-6-18-44)47-33-37-49(38-34-47)66-58-25-13-9-21-53(58)54-22-10-14-26-59(54)66/h1-41H. The van der Waals surface area contributed by atoms with Crippen molar-refractivity contribution in [2.75, 3.05) is 9.80 Å². The molecule has 13 aromatic rings. The third kappa shape index (κ3) is 6.65. The van der Waals surface area contributed by atoms with Gasteiger partial charge in [-0.1, -0.05) is 109 Å². The molecular formula is C61H41N5S. The summed E-state index contributed by atoms with van der Waals surface area (Å²) in [6, 6.07) is 89.1. The van der Waals surface area contributed by atoms with Crippen LogP contribution in [-0.4, -0.2) is 14.1 Å². The molecule has 3 heterocycles. The lowest BCUT2D eigenvalue weighted by molar-refractivity contribution is 1.17. The van der Waals surface area contributed by atoms with Gasteiger partial charge in [-0.25, -0.2) is 4.98 Å². The highest BCUT2D eigenvalue weighted by molar-refractivity contribution is 7.21. The van der Waals surface area contributed by atoms with Crippen molar-refractivity contribution in [3.63, 3.8) is 0 Å². The molecular weight excluding hydrogens is 835 g/mol. The van der Waals surface area contributed by atoms with E-state index < -0.39 is 0 Å². The molecule has 0 radical (unpaired) electrons. The Morgan fingerprint density at radius 2 is 0.657 bits per heavy atom. The Kier molecular flexibility index (Phi) is 9.29. The summed E-state index contributed by atoms with van der Waals surface area (Å²) in [7, 11) is 0. The second kappa shape index (κ2) is 16.1. The minimum Gasteiger partial charge on any atom is -0.311 e. The van der Waals surface area contributed by atoms with Gasteiger partial charge in [0.05, 0.1) is 32.3 Å². The average molecular weight is 876 g/mol. The van der Waals surface area contributed by atoms with Gasteiger partial charge in [-0.15, -0.1) is 11.3 Å². The number of para-hydroxylation sites is 6.